The molecular weight excluding hydrogens is 292 g/mol. The molecule has 2 N–H and O–H groups in total. The molecule has 0 unspecified atom stereocenters. The standard InChI is InChI=1S/C15H19F2N3O2/c1-10(16)6-20(9-21)11-3-4-13(17)12(5-11)15(2)8-22-7-14(18)19-15/h3-5,9-10H,6-8H2,1-2H3,(H2,18,19)/t10-,15-/m0/s1. The average Bonchev–Trinajstić information content (AvgIpc) is 2.45. The van der Waals surface area contributed by atoms with Gasteiger partial charge in [-0.3, -0.25) is 9.79 Å². The minimum atomic E-state index is -1.19. The van der Waals surface area contributed by atoms with E-state index in [0.29, 0.717) is 12.1 Å². The van der Waals surface area contributed by atoms with E-state index in [1.807, 2.05) is 0 Å². The van der Waals surface area contributed by atoms with Crippen LogP contribution in [0.15, 0.2) is 23.2 Å². The Bertz CT molecular complexity index is 592. The lowest BCUT2D eigenvalue weighted by molar-refractivity contribution is -0.107. The van der Waals surface area contributed by atoms with Gasteiger partial charge in [0.25, 0.3) is 0 Å². The highest BCUT2D eigenvalue weighted by atomic mass is 19.1. The molecule has 1 heterocycles. The molecule has 0 aromatic heterocycles. The molecule has 0 aliphatic carbocycles. The fraction of sp³-hybridized carbons (Fsp3) is 0.467. The van der Waals surface area contributed by atoms with E-state index < -0.39 is 17.5 Å². The van der Waals surface area contributed by atoms with Gasteiger partial charge in [0, 0.05) is 11.3 Å². The van der Waals surface area contributed by atoms with E-state index in [2.05, 4.69) is 4.99 Å². The molecule has 1 aromatic carbocycles. The number of alkyl halides is 1. The molecule has 0 radical (unpaired) electrons. The van der Waals surface area contributed by atoms with Crippen LogP contribution in [0.25, 0.3) is 0 Å². The lowest BCUT2D eigenvalue weighted by Crippen LogP contribution is -2.38. The first-order chi connectivity index (χ1) is 10.4. The Hall–Kier alpha value is -2.02. The van der Waals surface area contributed by atoms with Crippen LogP contribution in [0.1, 0.15) is 19.4 Å². The Morgan fingerprint density at radius 2 is 2.32 bits per heavy atom. The number of halogens is 2. The maximum Gasteiger partial charge on any atom is 0.214 e. The number of nitrogens with two attached hydrogens (primary N) is 1. The molecule has 5 nitrogen and oxygen atoms in total. The van der Waals surface area contributed by atoms with E-state index in [1.54, 1.807) is 6.92 Å². The number of rotatable bonds is 5. The number of anilines is 1. The lowest BCUT2D eigenvalue weighted by Gasteiger charge is -2.31. The summed E-state index contributed by atoms with van der Waals surface area (Å²) in [5.74, 6) is -0.198. The van der Waals surface area contributed by atoms with Gasteiger partial charge in [0.1, 0.15) is 30.0 Å². The molecule has 0 spiro atoms. The van der Waals surface area contributed by atoms with Crippen molar-refractivity contribution in [1.82, 2.24) is 0 Å². The fourth-order valence-corrected chi connectivity index (χ4v) is 2.46. The van der Waals surface area contributed by atoms with Crippen molar-refractivity contribution in [3.63, 3.8) is 0 Å². The Balaban J connectivity index is 2.42. The highest BCUT2D eigenvalue weighted by molar-refractivity contribution is 5.83. The second-order valence-corrected chi connectivity index (χ2v) is 5.57. The van der Waals surface area contributed by atoms with Crippen LogP contribution < -0.4 is 10.6 Å². The predicted molar refractivity (Wildman–Crippen MR) is 80.2 cm³/mol. The smallest absolute Gasteiger partial charge is 0.214 e. The summed E-state index contributed by atoms with van der Waals surface area (Å²) in [7, 11) is 0. The minimum absolute atomic E-state index is 0.104. The van der Waals surface area contributed by atoms with Crippen LogP contribution in [-0.2, 0) is 15.1 Å². The molecule has 2 rings (SSSR count). The Morgan fingerprint density at radius 3 is 2.91 bits per heavy atom. The quantitative estimate of drug-likeness (QED) is 0.842. The van der Waals surface area contributed by atoms with Gasteiger partial charge in [-0.2, -0.15) is 0 Å². The van der Waals surface area contributed by atoms with Crippen LogP contribution in [0.3, 0.4) is 0 Å². The third-order valence-corrected chi connectivity index (χ3v) is 3.46. The van der Waals surface area contributed by atoms with Gasteiger partial charge in [-0.15, -0.1) is 0 Å². The molecule has 7 heteroatoms. The van der Waals surface area contributed by atoms with Crippen LogP contribution in [-0.4, -0.2) is 38.2 Å². The van der Waals surface area contributed by atoms with Gasteiger partial charge in [0.05, 0.1) is 13.2 Å². The Labute approximate surface area is 127 Å². The SMILES string of the molecule is C[C@H](F)CN(C=O)c1ccc(F)c([C@]2(C)COCC(N)=N2)c1. The summed E-state index contributed by atoms with van der Waals surface area (Å²) < 4.78 is 32.7. The number of aliphatic imine (C=N–C) groups is 1. The molecule has 2 atom stereocenters. The third kappa shape index (κ3) is 3.41. The number of amidine groups is 1. The van der Waals surface area contributed by atoms with E-state index in [1.165, 1.54) is 30.0 Å². The monoisotopic (exact) mass is 311 g/mol. The van der Waals surface area contributed by atoms with Crippen molar-refractivity contribution in [2.24, 2.45) is 10.7 Å². The van der Waals surface area contributed by atoms with E-state index >= 15 is 0 Å². The van der Waals surface area contributed by atoms with Gasteiger partial charge in [0.15, 0.2) is 0 Å². The van der Waals surface area contributed by atoms with Gasteiger partial charge < -0.3 is 15.4 Å². The molecule has 1 aliphatic heterocycles. The van der Waals surface area contributed by atoms with Crippen molar-refractivity contribution < 1.29 is 18.3 Å². The van der Waals surface area contributed by atoms with Gasteiger partial charge >= 0.3 is 0 Å². The van der Waals surface area contributed by atoms with Crippen molar-refractivity contribution in [1.29, 1.82) is 0 Å². The molecule has 0 saturated heterocycles. The minimum Gasteiger partial charge on any atom is -0.386 e. The number of hydrogen-bond donors (Lipinski definition) is 1. The Kier molecular flexibility index (Phi) is 4.75. The first-order valence-corrected chi connectivity index (χ1v) is 6.93. The zero-order valence-corrected chi connectivity index (χ0v) is 12.6. The van der Waals surface area contributed by atoms with Gasteiger partial charge in [0.2, 0.25) is 6.41 Å². The summed E-state index contributed by atoms with van der Waals surface area (Å²) >= 11 is 0. The maximum atomic E-state index is 14.2. The molecule has 120 valence electrons. The zero-order valence-electron chi connectivity index (χ0n) is 12.6. The maximum absolute atomic E-state index is 14.2. The number of nitrogens with zero attached hydrogens (tertiary/aromatic N) is 2. The molecule has 1 amide bonds. The molecule has 1 aromatic rings. The second-order valence-electron chi connectivity index (χ2n) is 5.57. The summed E-state index contributed by atoms with van der Waals surface area (Å²) in [5, 5.41) is 0. The Morgan fingerprint density at radius 1 is 1.59 bits per heavy atom. The van der Waals surface area contributed by atoms with Crippen LogP contribution in [0, 0.1) is 5.82 Å². The van der Waals surface area contributed by atoms with E-state index in [4.69, 9.17) is 10.5 Å². The summed E-state index contributed by atoms with van der Waals surface area (Å²) in [5.41, 5.74) is 5.36. The number of carbonyl (C=O) groups is 1. The van der Waals surface area contributed by atoms with Crippen LogP contribution in [0.4, 0.5) is 14.5 Å². The molecule has 0 fully saturated rings. The molecular formula is C15H19F2N3O2. The lowest BCUT2D eigenvalue weighted by atomic mass is 9.91. The molecule has 22 heavy (non-hydrogen) atoms. The van der Waals surface area contributed by atoms with Gasteiger partial charge in [-0.25, -0.2) is 8.78 Å². The summed E-state index contributed by atoms with van der Waals surface area (Å²) in [6.07, 6.45) is -0.675. The topological polar surface area (TPSA) is 67.9 Å². The summed E-state index contributed by atoms with van der Waals surface area (Å²) in [4.78, 5) is 16.6. The fourth-order valence-electron chi connectivity index (χ4n) is 2.46. The van der Waals surface area contributed by atoms with Crippen molar-refractivity contribution in [3.05, 3.63) is 29.6 Å². The number of amides is 1. The molecule has 0 saturated carbocycles. The first kappa shape index (κ1) is 16.4. The normalized spacial score (nSPS) is 22.8. The highest BCUT2D eigenvalue weighted by Gasteiger charge is 2.33. The molecule has 0 bridgehead atoms. The largest absolute Gasteiger partial charge is 0.386 e. The van der Waals surface area contributed by atoms with Gasteiger partial charge in [-0.1, -0.05) is 0 Å². The van der Waals surface area contributed by atoms with Crippen molar-refractivity contribution in [2.75, 3.05) is 24.7 Å². The summed E-state index contributed by atoms with van der Waals surface area (Å²) in [6, 6.07) is 4.14. The number of hydrogen-bond acceptors (Lipinski definition) is 4. The highest BCUT2D eigenvalue weighted by Crippen LogP contribution is 2.33. The van der Waals surface area contributed by atoms with Crippen LogP contribution in [0.2, 0.25) is 0 Å². The predicted octanol–water partition coefficient (Wildman–Crippen LogP) is 1.75. The van der Waals surface area contributed by atoms with Crippen LogP contribution in [0.5, 0.6) is 0 Å². The number of benzene rings is 1. The van der Waals surface area contributed by atoms with Crippen molar-refractivity contribution in [3.8, 4) is 0 Å². The van der Waals surface area contributed by atoms with Crippen molar-refractivity contribution in [2.45, 2.75) is 25.6 Å². The summed E-state index contributed by atoms with van der Waals surface area (Å²) in [6.45, 7) is 3.32. The zero-order chi connectivity index (χ0) is 16.3. The number of carbonyl (C=O) groups excluding carboxylic acids is 1. The molecule has 1 aliphatic rings. The van der Waals surface area contributed by atoms with Crippen molar-refractivity contribution >= 4 is 17.9 Å². The van der Waals surface area contributed by atoms with E-state index in [0.717, 1.165) is 0 Å². The second kappa shape index (κ2) is 6.39. The first-order valence-electron chi connectivity index (χ1n) is 6.93. The van der Waals surface area contributed by atoms with E-state index in [-0.39, 0.29) is 31.2 Å². The third-order valence-electron chi connectivity index (χ3n) is 3.46. The number of ether oxygens (including phenoxy) is 1. The van der Waals surface area contributed by atoms with E-state index in [9.17, 15) is 13.6 Å². The van der Waals surface area contributed by atoms with Crippen LogP contribution >= 0.6 is 0 Å². The average molecular weight is 311 g/mol. The van der Waals surface area contributed by atoms with Gasteiger partial charge in [-0.05, 0) is 32.0 Å².